The molecule has 17 heavy (non-hydrogen) atoms. The molecule has 2 N–H and O–H groups in total. The molecule has 0 spiro atoms. The lowest BCUT2D eigenvalue weighted by molar-refractivity contribution is 0.0526. The maximum absolute atomic E-state index is 11.4. The highest BCUT2D eigenvalue weighted by atomic mass is 16.5. The molecule has 2 aromatic heterocycles. The summed E-state index contributed by atoms with van der Waals surface area (Å²) in [6.07, 6.45) is 6.17. The first-order valence-electron chi connectivity index (χ1n) is 5.13. The molecule has 6 heteroatoms. The normalized spacial score (nSPS) is 10.2. The van der Waals surface area contributed by atoms with Crippen LogP contribution in [-0.4, -0.2) is 27.3 Å². The van der Waals surface area contributed by atoms with Crippen molar-refractivity contribution in [1.82, 2.24) is 14.8 Å². The van der Waals surface area contributed by atoms with Gasteiger partial charge in [-0.1, -0.05) is 0 Å². The molecular weight excluding hydrogens is 220 g/mol. The van der Waals surface area contributed by atoms with E-state index in [4.69, 9.17) is 10.5 Å². The van der Waals surface area contributed by atoms with Crippen LogP contribution in [0.15, 0.2) is 30.9 Å². The summed E-state index contributed by atoms with van der Waals surface area (Å²) >= 11 is 0. The molecular formula is C11H12N4O2. The summed E-state index contributed by atoms with van der Waals surface area (Å²) in [5.41, 5.74) is 7.25. The molecule has 2 rings (SSSR count). The second kappa shape index (κ2) is 4.65. The highest BCUT2D eigenvalue weighted by Gasteiger charge is 2.10. The van der Waals surface area contributed by atoms with Gasteiger partial charge in [-0.05, 0) is 13.0 Å². The fourth-order valence-corrected chi connectivity index (χ4v) is 1.35. The molecule has 0 bridgehead atoms. The van der Waals surface area contributed by atoms with Gasteiger partial charge in [-0.2, -0.15) is 5.10 Å². The van der Waals surface area contributed by atoms with Gasteiger partial charge in [-0.25, -0.2) is 9.48 Å². The number of ether oxygens (including phenoxy) is 1. The Balaban J connectivity index is 2.27. The molecule has 2 heterocycles. The highest BCUT2D eigenvalue weighted by Crippen LogP contribution is 2.10. The third-order valence-electron chi connectivity index (χ3n) is 2.10. The number of pyridine rings is 1. The van der Waals surface area contributed by atoms with Crippen LogP contribution < -0.4 is 5.73 Å². The maximum atomic E-state index is 11.4. The zero-order chi connectivity index (χ0) is 12.3. The first-order chi connectivity index (χ1) is 8.20. The van der Waals surface area contributed by atoms with E-state index >= 15 is 0 Å². The topological polar surface area (TPSA) is 83.0 Å². The Morgan fingerprint density at radius 2 is 2.29 bits per heavy atom. The van der Waals surface area contributed by atoms with E-state index in [1.807, 2.05) is 0 Å². The van der Waals surface area contributed by atoms with Crippen molar-refractivity contribution in [3.05, 3.63) is 36.4 Å². The van der Waals surface area contributed by atoms with Crippen molar-refractivity contribution in [1.29, 1.82) is 0 Å². The van der Waals surface area contributed by atoms with Crippen LogP contribution in [-0.2, 0) is 4.74 Å². The minimum Gasteiger partial charge on any atom is -0.462 e. The maximum Gasteiger partial charge on any atom is 0.341 e. The smallest absolute Gasteiger partial charge is 0.341 e. The molecule has 2 aromatic rings. The van der Waals surface area contributed by atoms with E-state index in [0.29, 0.717) is 23.5 Å². The number of nitrogens with two attached hydrogens (primary N) is 1. The first-order valence-corrected chi connectivity index (χ1v) is 5.13. The minimum atomic E-state index is -0.393. The Hall–Kier alpha value is -2.37. The van der Waals surface area contributed by atoms with Crippen LogP contribution in [0.1, 0.15) is 17.3 Å². The molecule has 0 saturated heterocycles. The standard InChI is InChI=1S/C11H12N4O2/c1-2-17-11(16)8-4-14-15(7-8)10-3-9(12)5-13-6-10/h3-7H,2,12H2,1H3. The second-order valence-electron chi connectivity index (χ2n) is 3.37. The predicted molar refractivity (Wildman–Crippen MR) is 61.7 cm³/mol. The molecule has 0 aromatic carbocycles. The number of anilines is 1. The van der Waals surface area contributed by atoms with Crippen molar-refractivity contribution in [3.63, 3.8) is 0 Å². The van der Waals surface area contributed by atoms with E-state index in [2.05, 4.69) is 10.1 Å². The monoisotopic (exact) mass is 232 g/mol. The van der Waals surface area contributed by atoms with Crippen LogP contribution in [0.2, 0.25) is 0 Å². The van der Waals surface area contributed by atoms with Gasteiger partial charge in [0.05, 0.1) is 35.9 Å². The number of nitrogen functional groups attached to an aromatic ring is 1. The molecule has 0 saturated carbocycles. The van der Waals surface area contributed by atoms with E-state index in [1.165, 1.54) is 10.9 Å². The molecule has 0 unspecified atom stereocenters. The van der Waals surface area contributed by atoms with Gasteiger partial charge in [-0.3, -0.25) is 4.98 Å². The van der Waals surface area contributed by atoms with Crippen LogP contribution >= 0.6 is 0 Å². The zero-order valence-corrected chi connectivity index (χ0v) is 9.33. The van der Waals surface area contributed by atoms with Crippen molar-refractivity contribution >= 4 is 11.7 Å². The van der Waals surface area contributed by atoms with Gasteiger partial charge in [0.15, 0.2) is 0 Å². The summed E-state index contributed by atoms with van der Waals surface area (Å²) in [6.45, 7) is 2.09. The van der Waals surface area contributed by atoms with Crippen molar-refractivity contribution in [3.8, 4) is 5.69 Å². The highest BCUT2D eigenvalue weighted by molar-refractivity contribution is 5.88. The van der Waals surface area contributed by atoms with Crippen LogP contribution in [0.5, 0.6) is 0 Å². The number of aromatic nitrogens is 3. The summed E-state index contributed by atoms with van der Waals surface area (Å²) in [7, 11) is 0. The Morgan fingerprint density at radius 3 is 3.00 bits per heavy atom. The summed E-state index contributed by atoms with van der Waals surface area (Å²) in [5, 5.41) is 4.05. The molecule has 0 radical (unpaired) electrons. The number of carbonyl (C=O) groups excluding carboxylic acids is 1. The van der Waals surface area contributed by atoms with Gasteiger partial charge in [0.25, 0.3) is 0 Å². The number of esters is 1. The lowest BCUT2D eigenvalue weighted by Crippen LogP contribution is -2.03. The number of carbonyl (C=O) groups is 1. The first kappa shape index (κ1) is 11.1. The lowest BCUT2D eigenvalue weighted by Gasteiger charge is -2.00. The number of nitrogens with zero attached hydrogens (tertiary/aromatic N) is 3. The average Bonchev–Trinajstić information content (AvgIpc) is 2.78. The fraction of sp³-hybridized carbons (Fsp3) is 0.182. The summed E-state index contributed by atoms with van der Waals surface area (Å²) in [6, 6.07) is 1.72. The van der Waals surface area contributed by atoms with Crippen molar-refractivity contribution < 1.29 is 9.53 Å². The Labute approximate surface area is 98.0 Å². The van der Waals surface area contributed by atoms with Gasteiger partial charge in [0.2, 0.25) is 0 Å². The van der Waals surface area contributed by atoms with E-state index in [-0.39, 0.29) is 0 Å². The predicted octanol–water partition coefficient (Wildman–Crippen LogP) is 1.03. The van der Waals surface area contributed by atoms with Crippen LogP contribution in [0.3, 0.4) is 0 Å². The van der Waals surface area contributed by atoms with Gasteiger partial charge in [0.1, 0.15) is 0 Å². The van der Waals surface area contributed by atoms with Crippen LogP contribution in [0.4, 0.5) is 5.69 Å². The lowest BCUT2D eigenvalue weighted by atomic mass is 10.3. The molecule has 6 nitrogen and oxygen atoms in total. The second-order valence-corrected chi connectivity index (χ2v) is 3.37. The van der Waals surface area contributed by atoms with Crippen LogP contribution in [0, 0.1) is 0 Å². The third kappa shape index (κ3) is 2.41. The van der Waals surface area contributed by atoms with Crippen molar-refractivity contribution in [2.45, 2.75) is 6.92 Å². The van der Waals surface area contributed by atoms with Gasteiger partial charge < -0.3 is 10.5 Å². The SMILES string of the molecule is CCOC(=O)c1cnn(-c2cncc(N)c2)c1. The van der Waals surface area contributed by atoms with E-state index < -0.39 is 5.97 Å². The van der Waals surface area contributed by atoms with Gasteiger partial charge >= 0.3 is 5.97 Å². The Morgan fingerprint density at radius 1 is 1.47 bits per heavy atom. The minimum absolute atomic E-state index is 0.337. The Bertz CT molecular complexity index is 536. The molecule has 0 aliphatic carbocycles. The van der Waals surface area contributed by atoms with E-state index in [1.54, 1.807) is 31.6 Å². The summed E-state index contributed by atoms with van der Waals surface area (Å²) in [5.74, 6) is -0.393. The molecule has 0 aliphatic heterocycles. The van der Waals surface area contributed by atoms with Gasteiger partial charge in [-0.15, -0.1) is 0 Å². The summed E-state index contributed by atoms with van der Waals surface area (Å²) in [4.78, 5) is 15.4. The van der Waals surface area contributed by atoms with E-state index in [9.17, 15) is 4.79 Å². The molecule has 0 amide bonds. The molecule has 0 aliphatic rings. The number of rotatable bonds is 3. The fourth-order valence-electron chi connectivity index (χ4n) is 1.35. The quantitative estimate of drug-likeness (QED) is 0.799. The van der Waals surface area contributed by atoms with Crippen LogP contribution in [0.25, 0.3) is 5.69 Å². The largest absolute Gasteiger partial charge is 0.462 e. The molecule has 88 valence electrons. The number of hydrogen-bond donors (Lipinski definition) is 1. The Kier molecular flexibility index (Phi) is 3.04. The van der Waals surface area contributed by atoms with Crippen molar-refractivity contribution in [2.24, 2.45) is 0 Å². The molecule has 0 atom stereocenters. The van der Waals surface area contributed by atoms with E-state index in [0.717, 1.165) is 0 Å². The number of hydrogen-bond acceptors (Lipinski definition) is 5. The molecule has 0 fully saturated rings. The van der Waals surface area contributed by atoms with Gasteiger partial charge in [0, 0.05) is 12.4 Å². The van der Waals surface area contributed by atoms with Crippen molar-refractivity contribution in [2.75, 3.05) is 12.3 Å². The average molecular weight is 232 g/mol. The third-order valence-corrected chi connectivity index (χ3v) is 2.10. The summed E-state index contributed by atoms with van der Waals surface area (Å²) < 4.78 is 6.39. The zero-order valence-electron chi connectivity index (χ0n) is 9.33.